The molecule has 2 aromatic carbocycles. The van der Waals surface area contributed by atoms with Crippen molar-refractivity contribution in [1.29, 1.82) is 0 Å². The first-order chi connectivity index (χ1) is 15.3. The van der Waals surface area contributed by atoms with E-state index in [4.69, 9.17) is 11.6 Å². The van der Waals surface area contributed by atoms with Gasteiger partial charge in [-0.05, 0) is 57.9 Å². The average Bonchev–Trinajstić information content (AvgIpc) is 2.71. The van der Waals surface area contributed by atoms with Crippen molar-refractivity contribution >= 4 is 39.1 Å². The number of benzene rings is 2. The molecule has 2 rings (SSSR count). The van der Waals surface area contributed by atoms with Crippen LogP contribution in [0.2, 0.25) is 5.02 Å². The van der Waals surface area contributed by atoms with Crippen LogP contribution >= 0.6 is 11.6 Å². The Morgan fingerprint density at radius 3 is 2.15 bits per heavy atom. The molecule has 2 aromatic rings. The van der Waals surface area contributed by atoms with Crippen LogP contribution in [0.4, 0.5) is 5.69 Å². The van der Waals surface area contributed by atoms with Gasteiger partial charge in [0.25, 0.3) is 0 Å². The van der Waals surface area contributed by atoms with Gasteiger partial charge in [-0.15, -0.1) is 0 Å². The molecule has 0 spiro atoms. The van der Waals surface area contributed by atoms with Crippen molar-refractivity contribution in [3.63, 3.8) is 0 Å². The molecule has 0 heterocycles. The van der Waals surface area contributed by atoms with E-state index in [1.165, 1.54) is 11.0 Å². The first-order valence-electron chi connectivity index (χ1n) is 10.7. The summed E-state index contributed by atoms with van der Waals surface area (Å²) in [5.74, 6) is -0.807. The summed E-state index contributed by atoms with van der Waals surface area (Å²) in [4.78, 5) is 27.6. The zero-order valence-corrected chi connectivity index (χ0v) is 21.5. The molecule has 0 aromatic heterocycles. The van der Waals surface area contributed by atoms with E-state index in [0.717, 1.165) is 27.3 Å². The maximum atomic E-state index is 13.4. The van der Waals surface area contributed by atoms with Crippen LogP contribution in [-0.2, 0) is 26.2 Å². The Hall–Kier alpha value is -2.58. The monoisotopic (exact) mass is 493 g/mol. The molecule has 0 bridgehead atoms. The molecule has 1 atom stereocenters. The summed E-state index contributed by atoms with van der Waals surface area (Å²) in [6, 6.07) is 11.5. The Balaban J connectivity index is 2.40. The number of hydrogen-bond acceptors (Lipinski definition) is 4. The van der Waals surface area contributed by atoms with Crippen molar-refractivity contribution in [2.45, 2.75) is 53.2 Å². The quantitative estimate of drug-likeness (QED) is 0.577. The fourth-order valence-electron chi connectivity index (χ4n) is 3.23. The normalized spacial score (nSPS) is 12.4. The second-order valence-electron chi connectivity index (χ2n) is 8.55. The molecule has 0 radical (unpaired) electrons. The van der Waals surface area contributed by atoms with Gasteiger partial charge in [-0.2, -0.15) is 0 Å². The Morgan fingerprint density at radius 2 is 1.64 bits per heavy atom. The molecule has 0 fully saturated rings. The van der Waals surface area contributed by atoms with Gasteiger partial charge in [0.15, 0.2) is 0 Å². The third-order valence-electron chi connectivity index (χ3n) is 5.19. The minimum absolute atomic E-state index is 0.0986. The van der Waals surface area contributed by atoms with Gasteiger partial charge in [-0.3, -0.25) is 13.9 Å². The maximum Gasteiger partial charge on any atom is 0.244 e. The number of nitrogens with one attached hydrogen (secondary N) is 1. The van der Waals surface area contributed by atoms with Gasteiger partial charge in [0.05, 0.1) is 11.9 Å². The summed E-state index contributed by atoms with van der Waals surface area (Å²) < 4.78 is 26.1. The average molecular weight is 494 g/mol. The first kappa shape index (κ1) is 26.7. The molecule has 0 aliphatic heterocycles. The Bertz CT molecular complexity index is 1100. The van der Waals surface area contributed by atoms with Crippen molar-refractivity contribution in [2.75, 3.05) is 17.1 Å². The molecule has 0 aliphatic rings. The van der Waals surface area contributed by atoms with Crippen LogP contribution in [0.5, 0.6) is 0 Å². The molecule has 0 saturated heterocycles. The second-order valence-corrected chi connectivity index (χ2v) is 10.9. The van der Waals surface area contributed by atoms with Crippen LogP contribution in [0.1, 0.15) is 37.5 Å². The van der Waals surface area contributed by atoms with Crippen molar-refractivity contribution in [1.82, 2.24) is 10.2 Å². The zero-order chi connectivity index (χ0) is 24.9. The van der Waals surface area contributed by atoms with E-state index in [1.807, 2.05) is 45.0 Å². The first-order valence-corrected chi connectivity index (χ1v) is 12.9. The summed E-state index contributed by atoms with van der Waals surface area (Å²) >= 11 is 6.20. The van der Waals surface area contributed by atoms with Crippen LogP contribution in [-0.4, -0.2) is 50.0 Å². The van der Waals surface area contributed by atoms with Crippen LogP contribution in [0.15, 0.2) is 42.5 Å². The Labute approximate surface area is 201 Å². The summed E-state index contributed by atoms with van der Waals surface area (Å²) in [5, 5.41) is 3.22. The number of amides is 2. The molecule has 0 saturated carbocycles. The van der Waals surface area contributed by atoms with Crippen LogP contribution in [0.25, 0.3) is 0 Å². The number of rotatable bonds is 9. The maximum absolute atomic E-state index is 13.4. The smallest absolute Gasteiger partial charge is 0.244 e. The Morgan fingerprint density at radius 1 is 1.03 bits per heavy atom. The van der Waals surface area contributed by atoms with Gasteiger partial charge < -0.3 is 10.2 Å². The van der Waals surface area contributed by atoms with Gasteiger partial charge in [0, 0.05) is 17.6 Å². The molecular weight excluding hydrogens is 462 g/mol. The number of anilines is 1. The fourth-order valence-corrected chi connectivity index (χ4v) is 4.24. The summed E-state index contributed by atoms with van der Waals surface area (Å²) in [7, 11) is -3.79. The number of carbonyl (C=O) groups is 2. The largest absolute Gasteiger partial charge is 0.352 e. The second kappa shape index (κ2) is 11.0. The van der Waals surface area contributed by atoms with E-state index in [2.05, 4.69) is 5.32 Å². The lowest BCUT2D eigenvalue weighted by molar-refractivity contribution is -0.139. The van der Waals surface area contributed by atoms with Gasteiger partial charge in [-0.25, -0.2) is 8.42 Å². The highest BCUT2D eigenvalue weighted by Gasteiger charge is 2.30. The molecule has 1 N–H and O–H groups in total. The molecule has 2 amide bonds. The third kappa shape index (κ3) is 7.47. The number of halogens is 1. The summed E-state index contributed by atoms with van der Waals surface area (Å²) in [5.41, 5.74) is 2.99. The van der Waals surface area contributed by atoms with Gasteiger partial charge >= 0.3 is 0 Å². The summed E-state index contributed by atoms with van der Waals surface area (Å²) in [6.07, 6.45) is 1.03. The lowest BCUT2D eigenvalue weighted by atomic mass is 10.1. The zero-order valence-electron chi connectivity index (χ0n) is 19.9. The SMILES string of the molecule is Cc1ccc(CN(C(=O)CN(c2ccc(C)c(Cl)c2)S(C)(=O)=O)[C@H](C)C(=O)NC(C)C)cc1. The molecule has 9 heteroatoms. The predicted molar refractivity (Wildman–Crippen MR) is 133 cm³/mol. The van der Waals surface area contributed by atoms with E-state index in [9.17, 15) is 18.0 Å². The van der Waals surface area contributed by atoms with Crippen molar-refractivity contribution in [3.8, 4) is 0 Å². The van der Waals surface area contributed by atoms with E-state index < -0.39 is 28.5 Å². The molecule has 0 aliphatic carbocycles. The number of sulfonamides is 1. The minimum atomic E-state index is -3.79. The Kier molecular flexibility index (Phi) is 8.91. The van der Waals surface area contributed by atoms with Crippen molar-refractivity contribution in [2.24, 2.45) is 0 Å². The molecular formula is C24H32ClN3O4S. The number of carbonyl (C=O) groups excluding carboxylic acids is 2. The molecule has 180 valence electrons. The molecule has 33 heavy (non-hydrogen) atoms. The van der Waals surface area contributed by atoms with E-state index >= 15 is 0 Å². The van der Waals surface area contributed by atoms with Gasteiger partial charge in [-0.1, -0.05) is 47.5 Å². The predicted octanol–water partition coefficient (Wildman–Crippen LogP) is 3.66. The van der Waals surface area contributed by atoms with Crippen LogP contribution in [0, 0.1) is 13.8 Å². The van der Waals surface area contributed by atoms with Crippen molar-refractivity contribution in [3.05, 3.63) is 64.2 Å². The van der Waals surface area contributed by atoms with E-state index in [0.29, 0.717) is 5.02 Å². The lowest BCUT2D eigenvalue weighted by Crippen LogP contribution is -2.52. The lowest BCUT2D eigenvalue weighted by Gasteiger charge is -2.32. The van der Waals surface area contributed by atoms with Crippen LogP contribution in [0.3, 0.4) is 0 Å². The fraction of sp³-hybridized carbons (Fsp3) is 0.417. The van der Waals surface area contributed by atoms with E-state index in [1.54, 1.807) is 26.0 Å². The number of hydrogen-bond donors (Lipinski definition) is 1. The highest BCUT2D eigenvalue weighted by Crippen LogP contribution is 2.25. The number of aryl methyl sites for hydroxylation is 2. The molecule has 7 nitrogen and oxygen atoms in total. The topological polar surface area (TPSA) is 86.8 Å². The minimum Gasteiger partial charge on any atom is -0.352 e. The van der Waals surface area contributed by atoms with Gasteiger partial charge in [0.2, 0.25) is 21.8 Å². The van der Waals surface area contributed by atoms with Crippen molar-refractivity contribution < 1.29 is 18.0 Å². The third-order valence-corrected chi connectivity index (χ3v) is 6.74. The van der Waals surface area contributed by atoms with E-state index in [-0.39, 0.29) is 24.2 Å². The standard InChI is InChI=1S/C24H32ClN3O4S/c1-16(2)26-24(30)19(5)27(14-20-10-7-17(3)8-11-20)23(29)15-28(33(6,31)32)21-12-9-18(4)22(25)13-21/h7-13,16,19H,14-15H2,1-6H3,(H,26,30)/t19-/m1/s1. The van der Waals surface area contributed by atoms with Crippen LogP contribution < -0.4 is 9.62 Å². The van der Waals surface area contributed by atoms with Gasteiger partial charge in [0.1, 0.15) is 12.6 Å². The summed E-state index contributed by atoms with van der Waals surface area (Å²) in [6.45, 7) is 8.79. The number of nitrogens with zero attached hydrogens (tertiary/aromatic N) is 2. The highest BCUT2D eigenvalue weighted by atomic mass is 35.5. The molecule has 0 unspecified atom stereocenters. The highest BCUT2D eigenvalue weighted by molar-refractivity contribution is 7.92.